The summed E-state index contributed by atoms with van der Waals surface area (Å²) in [5.41, 5.74) is 0.732. The average molecular weight is 369 g/mol. The quantitative estimate of drug-likeness (QED) is 0.756. The summed E-state index contributed by atoms with van der Waals surface area (Å²) in [6.07, 6.45) is 6.10. The zero-order valence-electron chi connectivity index (χ0n) is 15.6. The van der Waals surface area contributed by atoms with Gasteiger partial charge in [0, 0.05) is 24.7 Å². The van der Waals surface area contributed by atoms with E-state index >= 15 is 0 Å². The first-order valence-corrected chi connectivity index (χ1v) is 9.15. The molecular formula is C20H23N3O4. The lowest BCUT2D eigenvalue weighted by molar-refractivity contribution is -0.132. The van der Waals surface area contributed by atoms with E-state index in [4.69, 9.17) is 4.74 Å². The first-order chi connectivity index (χ1) is 13.0. The van der Waals surface area contributed by atoms with Gasteiger partial charge in [0.05, 0.1) is 5.39 Å². The third-order valence-electron chi connectivity index (χ3n) is 4.71. The Bertz CT molecular complexity index is 961. The maximum Gasteiger partial charge on any atom is 0.359 e. The molecule has 0 aliphatic heterocycles. The Hall–Kier alpha value is -2.96. The highest BCUT2D eigenvalue weighted by Crippen LogP contribution is 2.21. The average Bonchev–Trinajstić information content (AvgIpc) is 2.70. The second-order valence-electron chi connectivity index (χ2n) is 6.48. The fourth-order valence-corrected chi connectivity index (χ4v) is 3.33. The summed E-state index contributed by atoms with van der Waals surface area (Å²) in [5, 5.41) is 4.83. The van der Waals surface area contributed by atoms with Crippen molar-refractivity contribution in [1.82, 2.24) is 14.7 Å². The molecule has 1 aliphatic rings. The monoisotopic (exact) mass is 369 g/mol. The number of amides is 1. The molecule has 0 fully saturated rings. The number of likely N-dealkylation sites (N-methyl/N-ethyl adjacent to an activating group) is 1. The summed E-state index contributed by atoms with van der Waals surface area (Å²) >= 11 is 0. The molecule has 1 amide bonds. The standard InChI is InChI=1S/C20H23N3O4/c1-3-23(14-9-5-4-6-10-14)17(24)13-27-20(26)18-15-11-7-8-12-16(15)19(25)22(2)21-18/h7-9,11-12H,3-6,10,13H2,1-2H3. The van der Waals surface area contributed by atoms with Gasteiger partial charge in [0.25, 0.3) is 11.5 Å². The molecule has 27 heavy (non-hydrogen) atoms. The van der Waals surface area contributed by atoms with Gasteiger partial charge in [0.15, 0.2) is 12.3 Å². The van der Waals surface area contributed by atoms with Crippen LogP contribution in [0.15, 0.2) is 40.8 Å². The van der Waals surface area contributed by atoms with E-state index < -0.39 is 5.97 Å². The van der Waals surface area contributed by atoms with Gasteiger partial charge in [-0.15, -0.1) is 0 Å². The number of carbonyl (C=O) groups excluding carboxylic acids is 2. The molecule has 0 bridgehead atoms. The lowest BCUT2D eigenvalue weighted by Gasteiger charge is -2.26. The zero-order chi connectivity index (χ0) is 19.4. The van der Waals surface area contributed by atoms with Crippen LogP contribution in [0.5, 0.6) is 0 Å². The van der Waals surface area contributed by atoms with Crippen LogP contribution in [-0.4, -0.2) is 39.7 Å². The first-order valence-electron chi connectivity index (χ1n) is 9.15. The van der Waals surface area contributed by atoms with Gasteiger partial charge < -0.3 is 9.64 Å². The maximum atomic E-state index is 12.5. The van der Waals surface area contributed by atoms with Crippen molar-refractivity contribution in [3.8, 4) is 0 Å². The Kier molecular flexibility index (Phi) is 5.69. The maximum absolute atomic E-state index is 12.5. The molecule has 7 heteroatoms. The number of aryl methyl sites for hydroxylation is 1. The van der Waals surface area contributed by atoms with Crippen molar-refractivity contribution in [1.29, 1.82) is 0 Å². The van der Waals surface area contributed by atoms with Gasteiger partial charge in [0.2, 0.25) is 0 Å². The van der Waals surface area contributed by atoms with E-state index in [-0.39, 0.29) is 23.8 Å². The van der Waals surface area contributed by atoms with Crippen LogP contribution in [-0.2, 0) is 16.6 Å². The van der Waals surface area contributed by atoms with E-state index in [1.54, 1.807) is 29.2 Å². The van der Waals surface area contributed by atoms with Crippen LogP contribution in [0.3, 0.4) is 0 Å². The number of nitrogens with zero attached hydrogens (tertiary/aromatic N) is 3. The van der Waals surface area contributed by atoms with E-state index in [9.17, 15) is 14.4 Å². The van der Waals surface area contributed by atoms with Gasteiger partial charge >= 0.3 is 5.97 Å². The molecule has 0 unspecified atom stereocenters. The van der Waals surface area contributed by atoms with Crippen molar-refractivity contribution in [3.63, 3.8) is 0 Å². The molecule has 1 aliphatic carbocycles. The van der Waals surface area contributed by atoms with E-state index in [0.717, 1.165) is 36.1 Å². The number of aromatic nitrogens is 2. The predicted octanol–water partition coefficient (Wildman–Crippen LogP) is 2.40. The number of hydrogen-bond donors (Lipinski definition) is 0. The second-order valence-corrected chi connectivity index (χ2v) is 6.48. The number of fused-ring (bicyclic) bond motifs is 1. The van der Waals surface area contributed by atoms with Crippen LogP contribution >= 0.6 is 0 Å². The van der Waals surface area contributed by atoms with Crippen molar-refractivity contribution >= 4 is 22.6 Å². The molecular weight excluding hydrogens is 346 g/mol. The number of ether oxygens (including phenoxy) is 1. The normalized spacial score (nSPS) is 13.9. The van der Waals surface area contributed by atoms with Crippen molar-refractivity contribution in [2.75, 3.05) is 13.2 Å². The highest BCUT2D eigenvalue weighted by Gasteiger charge is 2.22. The summed E-state index contributed by atoms with van der Waals surface area (Å²) in [4.78, 5) is 38.9. The molecule has 1 heterocycles. The fraction of sp³-hybridized carbons (Fsp3) is 0.400. The third-order valence-corrected chi connectivity index (χ3v) is 4.71. The van der Waals surface area contributed by atoms with Gasteiger partial charge in [-0.1, -0.05) is 24.3 Å². The Morgan fingerprint density at radius 3 is 2.63 bits per heavy atom. The zero-order valence-corrected chi connectivity index (χ0v) is 15.6. The summed E-state index contributed by atoms with van der Waals surface area (Å²) in [6, 6.07) is 6.72. The molecule has 3 rings (SSSR count). The van der Waals surface area contributed by atoms with Crippen LogP contribution in [0.2, 0.25) is 0 Å². The van der Waals surface area contributed by atoms with E-state index in [0.29, 0.717) is 17.3 Å². The Morgan fingerprint density at radius 2 is 1.96 bits per heavy atom. The highest BCUT2D eigenvalue weighted by molar-refractivity contribution is 6.02. The van der Waals surface area contributed by atoms with Gasteiger partial charge in [-0.3, -0.25) is 9.59 Å². The first kappa shape index (κ1) is 18.8. The number of carbonyl (C=O) groups is 2. The van der Waals surface area contributed by atoms with Crippen LogP contribution in [0, 0.1) is 0 Å². The minimum absolute atomic E-state index is 0.0282. The SMILES string of the molecule is CCN(C(=O)COC(=O)c1nn(C)c(=O)c2ccccc12)C1=CCCCC1. The molecule has 142 valence electrons. The molecule has 0 N–H and O–H groups in total. The lowest BCUT2D eigenvalue weighted by Crippen LogP contribution is -2.34. The second kappa shape index (κ2) is 8.16. The van der Waals surface area contributed by atoms with Crippen molar-refractivity contribution < 1.29 is 14.3 Å². The number of esters is 1. The van der Waals surface area contributed by atoms with E-state index in [1.165, 1.54) is 7.05 Å². The van der Waals surface area contributed by atoms with Gasteiger partial charge in [-0.05, 0) is 38.7 Å². The summed E-state index contributed by atoms with van der Waals surface area (Å²) in [5.74, 6) is -0.975. The summed E-state index contributed by atoms with van der Waals surface area (Å²) in [6.45, 7) is 2.07. The number of allylic oxidation sites excluding steroid dienone is 2. The number of hydrogen-bond acceptors (Lipinski definition) is 5. The fourth-order valence-electron chi connectivity index (χ4n) is 3.33. The van der Waals surface area contributed by atoms with Crippen molar-refractivity contribution in [3.05, 3.63) is 52.1 Å². The summed E-state index contributed by atoms with van der Waals surface area (Å²) in [7, 11) is 1.48. The molecule has 0 saturated carbocycles. The van der Waals surface area contributed by atoms with Crippen LogP contribution in [0.4, 0.5) is 0 Å². The molecule has 1 aromatic carbocycles. The Morgan fingerprint density at radius 1 is 1.22 bits per heavy atom. The smallest absolute Gasteiger partial charge is 0.359 e. The molecule has 2 aromatic rings. The number of benzene rings is 1. The lowest BCUT2D eigenvalue weighted by atomic mass is 10.0. The molecule has 1 aromatic heterocycles. The van der Waals surface area contributed by atoms with Gasteiger partial charge in [-0.25, -0.2) is 9.48 Å². The topological polar surface area (TPSA) is 81.5 Å². The molecule has 0 spiro atoms. The largest absolute Gasteiger partial charge is 0.451 e. The predicted molar refractivity (Wildman–Crippen MR) is 101 cm³/mol. The van der Waals surface area contributed by atoms with Crippen molar-refractivity contribution in [2.24, 2.45) is 7.05 Å². The van der Waals surface area contributed by atoms with Crippen LogP contribution in [0.1, 0.15) is 43.1 Å². The van der Waals surface area contributed by atoms with Crippen molar-refractivity contribution in [2.45, 2.75) is 32.6 Å². The summed E-state index contributed by atoms with van der Waals surface area (Å²) < 4.78 is 6.33. The van der Waals surface area contributed by atoms with Gasteiger partial charge in [0.1, 0.15) is 0 Å². The van der Waals surface area contributed by atoms with Gasteiger partial charge in [-0.2, -0.15) is 5.10 Å². The third kappa shape index (κ3) is 3.92. The number of rotatable bonds is 5. The minimum Gasteiger partial charge on any atom is -0.451 e. The highest BCUT2D eigenvalue weighted by atomic mass is 16.5. The Labute approximate surface area is 157 Å². The van der Waals surface area contributed by atoms with Crippen LogP contribution in [0.25, 0.3) is 10.8 Å². The van der Waals surface area contributed by atoms with E-state index in [2.05, 4.69) is 11.2 Å². The Balaban J connectivity index is 1.77. The molecule has 0 radical (unpaired) electrons. The van der Waals surface area contributed by atoms with Crippen LogP contribution < -0.4 is 5.56 Å². The minimum atomic E-state index is -0.719. The molecule has 7 nitrogen and oxygen atoms in total. The molecule has 0 atom stereocenters. The van der Waals surface area contributed by atoms with E-state index in [1.807, 2.05) is 6.92 Å². The molecule has 0 saturated heterocycles.